The van der Waals surface area contributed by atoms with Gasteiger partial charge in [0.1, 0.15) is 0 Å². The van der Waals surface area contributed by atoms with Crippen molar-refractivity contribution in [2.24, 2.45) is 0 Å². The van der Waals surface area contributed by atoms with Crippen molar-refractivity contribution in [3.63, 3.8) is 0 Å². The minimum atomic E-state index is -3.09. The molecule has 1 aromatic heterocycles. The van der Waals surface area contributed by atoms with Gasteiger partial charge in [-0.05, 0) is 37.6 Å². The lowest BCUT2D eigenvalue weighted by Crippen LogP contribution is -1.92. The lowest BCUT2D eigenvalue weighted by atomic mass is 10.3. The fourth-order valence-electron chi connectivity index (χ4n) is 1.14. The molecule has 88 valence electrons. The normalized spacial score (nSPS) is 12.1. The van der Waals surface area contributed by atoms with Crippen LogP contribution in [0.15, 0.2) is 30.3 Å². The maximum atomic E-state index is 12.0. The summed E-state index contributed by atoms with van der Waals surface area (Å²) < 4.78 is 22.3. The minimum Gasteiger partial charge on any atom is -0.306 e. The first kappa shape index (κ1) is 13.1. The molecule has 0 bridgehead atoms. The number of hydrogen-bond acceptors (Lipinski definition) is 4. The summed E-state index contributed by atoms with van der Waals surface area (Å²) in [5.74, 6) is 1.48. The third-order valence-corrected chi connectivity index (χ3v) is 3.52. The topological polar surface area (TPSA) is 48.4 Å². The SMILES string of the molecule is CCOP(=O)(/C=C/c1ccncc1)OCC. The molecule has 0 saturated heterocycles. The van der Waals surface area contributed by atoms with Crippen molar-refractivity contribution in [3.8, 4) is 0 Å². The highest BCUT2D eigenvalue weighted by molar-refractivity contribution is 7.57. The van der Waals surface area contributed by atoms with E-state index in [0.29, 0.717) is 13.2 Å². The highest BCUT2D eigenvalue weighted by atomic mass is 31.2. The molecule has 1 aromatic rings. The number of nitrogens with zero attached hydrogens (tertiary/aromatic N) is 1. The van der Waals surface area contributed by atoms with Crippen LogP contribution in [0.2, 0.25) is 0 Å². The highest BCUT2D eigenvalue weighted by Crippen LogP contribution is 2.49. The first-order valence-corrected chi connectivity index (χ1v) is 6.79. The lowest BCUT2D eigenvalue weighted by molar-refractivity contribution is 0.229. The monoisotopic (exact) mass is 241 g/mol. The zero-order valence-electron chi connectivity index (χ0n) is 9.50. The standard InChI is InChI=1S/C11H16NO3P/c1-3-14-16(13,15-4-2)10-7-11-5-8-12-9-6-11/h5-10H,3-4H2,1-2H3/b10-7+. The average Bonchev–Trinajstić information content (AvgIpc) is 2.29. The van der Waals surface area contributed by atoms with Crippen LogP contribution in [0.1, 0.15) is 19.4 Å². The summed E-state index contributed by atoms with van der Waals surface area (Å²) in [6, 6.07) is 3.64. The van der Waals surface area contributed by atoms with Gasteiger partial charge >= 0.3 is 7.60 Å². The first-order valence-electron chi connectivity index (χ1n) is 5.18. The molecule has 1 heterocycles. The Morgan fingerprint density at radius 2 is 1.81 bits per heavy atom. The van der Waals surface area contributed by atoms with Gasteiger partial charge in [-0.1, -0.05) is 0 Å². The van der Waals surface area contributed by atoms with Crippen molar-refractivity contribution in [2.45, 2.75) is 13.8 Å². The molecule has 16 heavy (non-hydrogen) atoms. The van der Waals surface area contributed by atoms with Crippen LogP contribution in [0, 0.1) is 0 Å². The largest absolute Gasteiger partial charge is 0.354 e. The van der Waals surface area contributed by atoms with Gasteiger partial charge in [0.2, 0.25) is 0 Å². The van der Waals surface area contributed by atoms with Crippen molar-refractivity contribution in [1.82, 2.24) is 4.98 Å². The van der Waals surface area contributed by atoms with Gasteiger partial charge in [-0.25, -0.2) is 0 Å². The molecule has 0 aliphatic carbocycles. The van der Waals surface area contributed by atoms with Crippen LogP contribution in [0.3, 0.4) is 0 Å². The summed E-state index contributed by atoms with van der Waals surface area (Å²) in [7, 11) is -3.09. The highest BCUT2D eigenvalue weighted by Gasteiger charge is 2.18. The fourth-order valence-corrected chi connectivity index (χ4v) is 2.46. The van der Waals surface area contributed by atoms with E-state index in [-0.39, 0.29) is 0 Å². The molecule has 1 rings (SSSR count). The van der Waals surface area contributed by atoms with Gasteiger partial charge in [0, 0.05) is 18.2 Å². The molecule has 0 saturated carbocycles. The number of aromatic nitrogens is 1. The molecular formula is C11H16NO3P. The van der Waals surface area contributed by atoms with E-state index < -0.39 is 7.60 Å². The second-order valence-electron chi connectivity index (χ2n) is 2.97. The predicted molar refractivity (Wildman–Crippen MR) is 64.1 cm³/mol. The maximum Gasteiger partial charge on any atom is 0.354 e. The fraction of sp³-hybridized carbons (Fsp3) is 0.364. The van der Waals surface area contributed by atoms with Crippen LogP contribution in [0.25, 0.3) is 6.08 Å². The van der Waals surface area contributed by atoms with E-state index in [0.717, 1.165) is 5.56 Å². The summed E-state index contributed by atoms with van der Waals surface area (Å²) in [4.78, 5) is 3.90. The summed E-state index contributed by atoms with van der Waals surface area (Å²) >= 11 is 0. The Labute approximate surface area is 95.8 Å². The van der Waals surface area contributed by atoms with E-state index in [1.807, 2.05) is 12.1 Å². The quantitative estimate of drug-likeness (QED) is 0.717. The van der Waals surface area contributed by atoms with Crippen molar-refractivity contribution >= 4 is 13.7 Å². The van der Waals surface area contributed by atoms with Crippen LogP contribution in [-0.2, 0) is 13.6 Å². The van der Waals surface area contributed by atoms with E-state index in [4.69, 9.17) is 9.05 Å². The number of pyridine rings is 1. The van der Waals surface area contributed by atoms with Gasteiger partial charge in [-0.2, -0.15) is 0 Å². The van der Waals surface area contributed by atoms with E-state index >= 15 is 0 Å². The van der Waals surface area contributed by atoms with Crippen LogP contribution in [0.4, 0.5) is 0 Å². The molecule has 0 atom stereocenters. The van der Waals surface area contributed by atoms with E-state index in [1.165, 1.54) is 5.82 Å². The second-order valence-corrected chi connectivity index (χ2v) is 4.87. The van der Waals surface area contributed by atoms with E-state index in [2.05, 4.69) is 4.98 Å². The summed E-state index contributed by atoms with van der Waals surface area (Å²) in [6.07, 6.45) is 5.06. The first-order chi connectivity index (χ1) is 7.70. The molecule has 0 radical (unpaired) electrons. The molecule has 4 nitrogen and oxygen atoms in total. The second kappa shape index (κ2) is 6.59. The van der Waals surface area contributed by atoms with Gasteiger partial charge in [0.25, 0.3) is 0 Å². The third-order valence-electron chi connectivity index (χ3n) is 1.77. The molecule has 0 N–H and O–H groups in total. The van der Waals surface area contributed by atoms with Gasteiger partial charge in [-0.3, -0.25) is 9.55 Å². The third kappa shape index (κ3) is 4.27. The zero-order valence-corrected chi connectivity index (χ0v) is 10.4. The summed E-state index contributed by atoms with van der Waals surface area (Å²) in [5, 5.41) is 0. The van der Waals surface area contributed by atoms with E-state index in [9.17, 15) is 4.57 Å². The maximum absolute atomic E-state index is 12.0. The zero-order chi connectivity index (χ0) is 11.9. The minimum absolute atomic E-state index is 0.359. The molecule has 0 aliphatic rings. The van der Waals surface area contributed by atoms with Crippen molar-refractivity contribution in [2.75, 3.05) is 13.2 Å². The summed E-state index contributed by atoms with van der Waals surface area (Å²) in [6.45, 7) is 4.29. The Morgan fingerprint density at radius 3 is 2.31 bits per heavy atom. The van der Waals surface area contributed by atoms with Crippen LogP contribution in [0.5, 0.6) is 0 Å². The molecule has 0 amide bonds. The molecule has 0 fully saturated rings. The van der Waals surface area contributed by atoms with Gasteiger partial charge in [0.15, 0.2) is 0 Å². The Balaban J connectivity index is 2.75. The molecule has 0 unspecified atom stereocenters. The molecule has 0 spiro atoms. The van der Waals surface area contributed by atoms with E-state index in [1.54, 1.807) is 32.3 Å². The van der Waals surface area contributed by atoms with Crippen LogP contribution < -0.4 is 0 Å². The van der Waals surface area contributed by atoms with Gasteiger partial charge in [0.05, 0.1) is 13.2 Å². The average molecular weight is 241 g/mol. The predicted octanol–water partition coefficient (Wildman–Crippen LogP) is 3.32. The van der Waals surface area contributed by atoms with Crippen molar-refractivity contribution in [1.29, 1.82) is 0 Å². The molecule has 0 aromatic carbocycles. The molecule has 0 aliphatic heterocycles. The smallest absolute Gasteiger partial charge is 0.306 e. The van der Waals surface area contributed by atoms with Crippen LogP contribution >= 0.6 is 7.60 Å². The van der Waals surface area contributed by atoms with Crippen molar-refractivity contribution in [3.05, 3.63) is 35.9 Å². The van der Waals surface area contributed by atoms with Gasteiger partial charge < -0.3 is 9.05 Å². The lowest BCUT2D eigenvalue weighted by Gasteiger charge is -2.12. The van der Waals surface area contributed by atoms with Gasteiger partial charge in [-0.15, -0.1) is 0 Å². The van der Waals surface area contributed by atoms with Crippen LogP contribution in [-0.4, -0.2) is 18.2 Å². The Bertz CT molecular complexity index is 368. The molecular weight excluding hydrogens is 225 g/mol. The number of rotatable bonds is 6. The Morgan fingerprint density at radius 1 is 1.25 bits per heavy atom. The van der Waals surface area contributed by atoms with Crippen molar-refractivity contribution < 1.29 is 13.6 Å². The number of hydrogen-bond donors (Lipinski definition) is 0. The Kier molecular flexibility index (Phi) is 5.39. The Hall–Kier alpha value is -0.960. The molecule has 5 heteroatoms. The summed E-state index contributed by atoms with van der Waals surface area (Å²) in [5.41, 5.74) is 0.912.